The van der Waals surface area contributed by atoms with Gasteiger partial charge in [0.25, 0.3) is 0 Å². The van der Waals surface area contributed by atoms with Crippen molar-refractivity contribution in [3.63, 3.8) is 0 Å². The molecule has 0 bridgehead atoms. The maximum atomic E-state index is 9.89. The molecule has 1 heterocycles. The van der Waals surface area contributed by atoms with Crippen molar-refractivity contribution in [3.8, 4) is 11.5 Å². The molecule has 1 saturated heterocycles. The lowest BCUT2D eigenvalue weighted by Gasteiger charge is -2.42. The SMILES string of the molecule is CCC(C)CN1CC(c2ccc(O)c(OC)c2)CN(CC(C)CC)C1. The molecule has 2 atom stereocenters. The van der Waals surface area contributed by atoms with Gasteiger partial charge < -0.3 is 9.84 Å². The quantitative estimate of drug-likeness (QED) is 0.765. The minimum Gasteiger partial charge on any atom is -0.504 e. The number of nitrogens with zero attached hydrogens (tertiary/aromatic N) is 2. The molecule has 142 valence electrons. The lowest BCUT2D eigenvalue weighted by atomic mass is 9.94. The molecule has 25 heavy (non-hydrogen) atoms. The molecule has 2 rings (SSSR count). The molecule has 2 unspecified atom stereocenters. The van der Waals surface area contributed by atoms with E-state index in [9.17, 15) is 5.11 Å². The van der Waals surface area contributed by atoms with Gasteiger partial charge >= 0.3 is 0 Å². The molecule has 1 fully saturated rings. The van der Waals surface area contributed by atoms with Gasteiger partial charge in [0.15, 0.2) is 11.5 Å². The summed E-state index contributed by atoms with van der Waals surface area (Å²) in [5.74, 6) is 2.69. The van der Waals surface area contributed by atoms with Crippen molar-refractivity contribution in [2.75, 3.05) is 40.0 Å². The van der Waals surface area contributed by atoms with Crippen molar-refractivity contribution in [2.24, 2.45) is 11.8 Å². The van der Waals surface area contributed by atoms with Crippen LogP contribution in [-0.4, -0.2) is 54.9 Å². The van der Waals surface area contributed by atoms with Crippen LogP contribution in [0.25, 0.3) is 0 Å². The van der Waals surface area contributed by atoms with Gasteiger partial charge in [-0.05, 0) is 29.5 Å². The average molecular weight is 349 g/mol. The van der Waals surface area contributed by atoms with E-state index in [-0.39, 0.29) is 5.75 Å². The van der Waals surface area contributed by atoms with E-state index in [4.69, 9.17) is 4.74 Å². The van der Waals surface area contributed by atoms with Crippen LogP contribution in [0.5, 0.6) is 11.5 Å². The van der Waals surface area contributed by atoms with Crippen LogP contribution >= 0.6 is 0 Å². The average Bonchev–Trinajstić information content (AvgIpc) is 2.61. The third-order valence-electron chi connectivity index (χ3n) is 5.57. The molecule has 1 N–H and O–H groups in total. The van der Waals surface area contributed by atoms with Gasteiger partial charge in [-0.3, -0.25) is 9.80 Å². The Kier molecular flexibility index (Phi) is 7.57. The molecule has 1 aliphatic rings. The summed E-state index contributed by atoms with van der Waals surface area (Å²) in [7, 11) is 1.62. The molecule has 0 amide bonds. The minimum atomic E-state index is 0.218. The number of rotatable bonds is 8. The lowest BCUT2D eigenvalue weighted by Crippen LogP contribution is -2.50. The second kappa shape index (κ2) is 9.44. The summed E-state index contributed by atoms with van der Waals surface area (Å²) in [6, 6.07) is 5.83. The van der Waals surface area contributed by atoms with Crippen LogP contribution < -0.4 is 4.74 Å². The zero-order chi connectivity index (χ0) is 18.4. The number of phenols is 1. The minimum absolute atomic E-state index is 0.218. The number of methoxy groups -OCH3 is 1. The van der Waals surface area contributed by atoms with Crippen molar-refractivity contribution >= 4 is 0 Å². The Morgan fingerprint density at radius 2 is 1.64 bits per heavy atom. The molecule has 0 radical (unpaired) electrons. The lowest BCUT2D eigenvalue weighted by molar-refractivity contribution is 0.0509. The molecule has 4 heteroatoms. The Bertz CT molecular complexity index is 515. The van der Waals surface area contributed by atoms with Crippen LogP contribution in [0.4, 0.5) is 0 Å². The monoisotopic (exact) mass is 348 g/mol. The van der Waals surface area contributed by atoms with Crippen LogP contribution in [0.3, 0.4) is 0 Å². The molecular formula is C21H36N2O2. The van der Waals surface area contributed by atoms with Crippen molar-refractivity contribution < 1.29 is 9.84 Å². The first-order valence-electron chi connectivity index (χ1n) is 9.78. The van der Waals surface area contributed by atoms with Gasteiger partial charge in [0.1, 0.15) is 0 Å². The summed E-state index contributed by atoms with van der Waals surface area (Å²) in [4.78, 5) is 5.20. The maximum absolute atomic E-state index is 9.89. The smallest absolute Gasteiger partial charge is 0.160 e. The fraction of sp³-hybridized carbons (Fsp3) is 0.714. The Morgan fingerprint density at radius 3 is 2.12 bits per heavy atom. The molecule has 1 aliphatic heterocycles. The molecule has 0 spiro atoms. The first-order valence-corrected chi connectivity index (χ1v) is 9.78. The van der Waals surface area contributed by atoms with E-state index in [1.54, 1.807) is 13.2 Å². The molecule has 0 aliphatic carbocycles. The highest BCUT2D eigenvalue weighted by molar-refractivity contribution is 5.43. The van der Waals surface area contributed by atoms with Crippen LogP contribution in [0.1, 0.15) is 52.0 Å². The Hall–Kier alpha value is -1.26. The largest absolute Gasteiger partial charge is 0.504 e. The van der Waals surface area contributed by atoms with E-state index in [1.807, 2.05) is 6.07 Å². The predicted molar refractivity (Wildman–Crippen MR) is 104 cm³/mol. The highest BCUT2D eigenvalue weighted by Crippen LogP contribution is 2.32. The number of hydrogen-bond acceptors (Lipinski definition) is 4. The fourth-order valence-electron chi connectivity index (χ4n) is 3.64. The third-order valence-corrected chi connectivity index (χ3v) is 5.57. The molecule has 0 saturated carbocycles. The van der Waals surface area contributed by atoms with Crippen molar-refractivity contribution in [1.82, 2.24) is 9.80 Å². The van der Waals surface area contributed by atoms with Gasteiger partial charge in [-0.1, -0.05) is 46.6 Å². The topological polar surface area (TPSA) is 35.9 Å². The molecule has 1 aromatic rings. The summed E-state index contributed by atoms with van der Waals surface area (Å²) in [6.45, 7) is 14.8. The van der Waals surface area contributed by atoms with Crippen LogP contribution in [0.2, 0.25) is 0 Å². The Balaban J connectivity index is 2.16. The number of phenolic OH excluding ortho intramolecular Hbond substituents is 1. The van der Waals surface area contributed by atoms with Gasteiger partial charge in [0.05, 0.1) is 13.8 Å². The van der Waals surface area contributed by atoms with Gasteiger partial charge in [-0.2, -0.15) is 0 Å². The van der Waals surface area contributed by atoms with Gasteiger partial charge in [0.2, 0.25) is 0 Å². The van der Waals surface area contributed by atoms with Crippen molar-refractivity contribution in [1.29, 1.82) is 0 Å². The molecule has 4 nitrogen and oxygen atoms in total. The van der Waals surface area contributed by atoms with Gasteiger partial charge in [0, 0.05) is 32.1 Å². The first kappa shape index (κ1) is 20.1. The van der Waals surface area contributed by atoms with E-state index in [0.717, 1.165) is 44.7 Å². The summed E-state index contributed by atoms with van der Waals surface area (Å²) in [6.07, 6.45) is 2.44. The highest BCUT2D eigenvalue weighted by Gasteiger charge is 2.28. The summed E-state index contributed by atoms with van der Waals surface area (Å²) < 4.78 is 5.32. The standard InChI is InChI=1S/C21H36N2O2/c1-6-16(3)11-22-13-19(14-23(15-22)12-17(4)7-2)18-8-9-20(24)21(10-18)25-5/h8-10,16-17,19,24H,6-7,11-15H2,1-5H3. The number of ether oxygens (including phenoxy) is 1. The van der Waals surface area contributed by atoms with Crippen molar-refractivity contribution in [2.45, 2.75) is 46.5 Å². The number of hydrogen-bond donors (Lipinski definition) is 1. The molecule has 1 aromatic carbocycles. The van der Waals surface area contributed by atoms with E-state index in [0.29, 0.717) is 11.7 Å². The van der Waals surface area contributed by atoms with Crippen LogP contribution in [0.15, 0.2) is 18.2 Å². The van der Waals surface area contributed by atoms with E-state index < -0.39 is 0 Å². The number of aromatic hydroxyl groups is 1. The van der Waals surface area contributed by atoms with Crippen molar-refractivity contribution in [3.05, 3.63) is 23.8 Å². The van der Waals surface area contributed by atoms with E-state index >= 15 is 0 Å². The van der Waals surface area contributed by atoms with Crippen LogP contribution in [0, 0.1) is 11.8 Å². The van der Waals surface area contributed by atoms with Gasteiger partial charge in [-0.25, -0.2) is 0 Å². The summed E-state index contributed by atoms with van der Waals surface area (Å²) in [5, 5.41) is 9.89. The predicted octanol–water partition coefficient (Wildman–Crippen LogP) is 4.15. The maximum Gasteiger partial charge on any atom is 0.160 e. The van der Waals surface area contributed by atoms with E-state index in [1.165, 1.54) is 18.4 Å². The van der Waals surface area contributed by atoms with E-state index in [2.05, 4.69) is 43.6 Å². The Morgan fingerprint density at radius 1 is 1.08 bits per heavy atom. The second-order valence-electron chi connectivity index (χ2n) is 7.87. The Labute approximate surface area is 153 Å². The molecular weight excluding hydrogens is 312 g/mol. The second-order valence-corrected chi connectivity index (χ2v) is 7.87. The van der Waals surface area contributed by atoms with Crippen LogP contribution in [-0.2, 0) is 0 Å². The fourth-order valence-corrected chi connectivity index (χ4v) is 3.64. The highest BCUT2D eigenvalue weighted by atomic mass is 16.5. The number of benzene rings is 1. The van der Waals surface area contributed by atoms with Gasteiger partial charge in [-0.15, -0.1) is 0 Å². The first-order chi connectivity index (χ1) is 12.0. The normalized spacial score (nSPS) is 21.9. The molecule has 0 aromatic heterocycles. The zero-order valence-corrected chi connectivity index (χ0v) is 16.7. The zero-order valence-electron chi connectivity index (χ0n) is 16.7. The summed E-state index contributed by atoms with van der Waals surface area (Å²) in [5.41, 5.74) is 1.26. The third kappa shape index (κ3) is 5.61. The summed E-state index contributed by atoms with van der Waals surface area (Å²) >= 11 is 0.